The molecule has 0 aromatic heterocycles. The Morgan fingerprint density at radius 3 is 2.57 bits per heavy atom. The van der Waals surface area contributed by atoms with E-state index in [9.17, 15) is 10.1 Å². The molecule has 0 saturated heterocycles. The second-order valence-electron chi connectivity index (χ2n) is 5.12. The molecule has 1 amide bonds. The number of nitrogens with one attached hydrogen (secondary N) is 1. The molecule has 1 aromatic rings. The molecule has 1 aliphatic carbocycles. The zero-order valence-electron chi connectivity index (χ0n) is 11.3. The van der Waals surface area contributed by atoms with Crippen LogP contribution in [-0.2, 0) is 4.79 Å². The Kier molecular flexibility index (Phi) is 4.88. The highest BCUT2D eigenvalue weighted by Gasteiger charge is 2.43. The molecule has 2 rings (SSSR count). The molecule has 1 N–H and O–H groups in total. The van der Waals surface area contributed by atoms with E-state index in [1.165, 1.54) is 12.1 Å². The van der Waals surface area contributed by atoms with Crippen molar-refractivity contribution in [1.29, 1.82) is 5.26 Å². The van der Waals surface area contributed by atoms with E-state index in [1.54, 1.807) is 6.92 Å². The van der Waals surface area contributed by atoms with E-state index >= 15 is 0 Å². The molecule has 21 heavy (non-hydrogen) atoms. The fraction of sp³-hybridized carbons (Fsp3) is 0.429. The van der Waals surface area contributed by atoms with Crippen molar-refractivity contribution >= 4 is 40.7 Å². The monoisotopic (exact) mass is 346 g/mol. The van der Waals surface area contributed by atoms with Crippen LogP contribution in [0.1, 0.15) is 19.8 Å². The number of rotatable bonds is 5. The zero-order valence-corrected chi connectivity index (χ0v) is 13.5. The smallest absolute Gasteiger partial charge is 0.259 e. The summed E-state index contributed by atoms with van der Waals surface area (Å²) in [7, 11) is 0. The Morgan fingerprint density at radius 1 is 1.38 bits per heavy atom. The molecule has 0 aliphatic heterocycles. The molecular formula is C14H13Cl3N2O2. The highest BCUT2D eigenvalue weighted by Crippen LogP contribution is 2.39. The van der Waals surface area contributed by atoms with Crippen LogP contribution in [0.15, 0.2) is 12.1 Å². The van der Waals surface area contributed by atoms with Crippen LogP contribution in [0, 0.1) is 17.2 Å². The maximum Gasteiger partial charge on any atom is 0.259 e. The number of carbonyl (C=O) groups excluding carboxylic acids is 1. The number of amides is 1. The van der Waals surface area contributed by atoms with Crippen LogP contribution in [0.5, 0.6) is 5.75 Å². The van der Waals surface area contributed by atoms with Gasteiger partial charge in [0.2, 0.25) is 0 Å². The lowest BCUT2D eigenvalue weighted by atomic mass is 9.98. The van der Waals surface area contributed by atoms with Gasteiger partial charge in [0.1, 0.15) is 11.3 Å². The summed E-state index contributed by atoms with van der Waals surface area (Å²) in [6.45, 7) is 1.47. The van der Waals surface area contributed by atoms with Crippen molar-refractivity contribution in [2.75, 3.05) is 6.61 Å². The van der Waals surface area contributed by atoms with Gasteiger partial charge in [-0.05, 0) is 31.7 Å². The van der Waals surface area contributed by atoms with Crippen LogP contribution in [0.3, 0.4) is 0 Å². The van der Waals surface area contributed by atoms with E-state index in [0.717, 1.165) is 12.8 Å². The third kappa shape index (κ3) is 3.94. The number of hydrogen-bond donors (Lipinski definition) is 1. The largest absolute Gasteiger partial charge is 0.482 e. The Bertz CT molecular complexity index is 611. The average molecular weight is 348 g/mol. The number of nitriles is 1. The van der Waals surface area contributed by atoms with Crippen LogP contribution in [-0.4, -0.2) is 18.1 Å². The lowest BCUT2D eigenvalue weighted by molar-refractivity contribution is -0.124. The summed E-state index contributed by atoms with van der Waals surface area (Å²) in [6, 6.07) is 5.04. The maximum atomic E-state index is 11.9. The zero-order chi connectivity index (χ0) is 15.6. The Labute approximate surface area is 137 Å². The van der Waals surface area contributed by atoms with E-state index in [-0.39, 0.29) is 34.2 Å². The molecule has 7 heteroatoms. The van der Waals surface area contributed by atoms with Gasteiger partial charge >= 0.3 is 0 Å². The van der Waals surface area contributed by atoms with Gasteiger partial charge in [0, 0.05) is 6.07 Å². The summed E-state index contributed by atoms with van der Waals surface area (Å²) in [5.74, 6) is 0.0967. The lowest BCUT2D eigenvalue weighted by Crippen LogP contribution is -2.48. The molecule has 0 radical (unpaired) electrons. The van der Waals surface area contributed by atoms with E-state index in [1.807, 2.05) is 0 Å². The minimum Gasteiger partial charge on any atom is -0.482 e. The molecule has 0 bridgehead atoms. The number of halogens is 3. The molecule has 4 nitrogen and oxygen atoms in total. The van der Waals surface area contributed by atoms with Gasteiger partial charge in [-0.1, -0.05) is 34.8 Å². The van der Waals surface area contributed by atoms with Crippen LogP contribution < -0.4 is 10.1 Å². The number of nitrogens with zero attached hydrogens (tertiary/aromatic N) is 1. The number of hydrogen-bond acceptors (Lipinski definition) is 3. The summed E-state index contributed by atoms with van der Waals surface area (Å²) in [6.07, 6.45) is 1.90. The van der Waals surface area contributed by atoms with Crippen LogP contribution in [0.4, 0.5) is 0 Å². The highest BCUT2D eigenvalue weighted by molar-refractivity contribution is 6.43. The number of ether oxygens (including phenoxy) is 1. The molecule has 0 spiro atoms. The molecule has 1 atom stereocenters. The van der Waals surface area contributed by atoms with Crippen LogP contribution in [0.2, 0.25) is 15.1 Å². The topological polar surface area (TPSA) is 62.1 Å². The first-order chi connectivity index (χ1) is 9.85. The first kappa shape index (κ1) is 16.2. The van der Waals surface area contributed by atoms with Gasteiger partial charge in [0.15, 0.2) is 6.61 Å². The van der Waals surface area contributed by atoms with Crippen molar-refractivity contribution < 1.29 is 9.53 Å². The molecule has 112 valence electrons. The summed E-state index contributed by atoms with van der Waals surface area (Å²) in [4.78, 5) is 11.9. The molecule has 0 heterocycles. The van der Waals surface area contributed by atoms with Crippen molar-refractivity contribution in [1.82, 2.24) is 5.32 Å². The van der Waals surface area contributed by atoms with E-state index in [2.05, 4.69) is 11.4 Å². The second-order valence-corrected chi connectivity index (χ2v) is 6.34. The number of benzene rings is 1. The molecule has 1 saturated carbocycles. The van der Waals surface area contributed by atoms with Crippen LogP contribution in [0.25, 0.3) is 0 Å². The summed E-state index contributed by atoms with van der Waals surface area (Å²) in [5, 5.41) is 12.7. The molecule has 1 fully saturated rings. The Morgan fingerprint density at radius 2 is 2.00 bits per heavy atom. The highest BCUT2D eigenvalue weighted by atomic mass is 35.5. The molecule has 1 aliphatic rings. The van der Waals surface area contributed by atoms with Gasteiger partial charge in [-0.3, -0.25) is 4.79 Å². The maximum absolute atomic E-state index is 11.9. The van der Waals surface area contributed by atoms with Crippen LogP contribution >= 0.6 is 34.8 Å². The SMILES string of the molecule is C[C@@](C#N)(NC(=O)COc1cc(Cl)c(Cl)cc1Cl)C1CC1. The van der Waals surface area contributed by atoms with Gasteiger partial charge < -0.3 is 10.1 Å². The Balaban J connectivity index is 1.95. The van der Waals surface area contributed by atoms with Gasteiger partial charge in [-0.25, -0.2) is 0 Å². The Hall–Kier alpha value is -1.15. The molecular weight excluding hydrogens is 335 g/mol. The molecule has 0 unspecified atom stereocenters. The normalized spacial score (nSPS) is 16.7. The minimum absolute atomic E-state index is 0.208. The average Bonchev–Trinajstić information content (AvgIpc) is 3.26. The predicted molar refractivity (Wildman–Crippen MR) is 81.9 cm³/mol. The quantitative estimate of drug-likeness (QED) is 0.823. The van der Waals surface area contributed by atoms with Crippen molar-refractivity contribution in [3.63, 3.8) is 0 Å². The first-order valence-electron chi connectivity index (χ1n) is 6.35. The fourth-order valence-electron chi connectivity index (χ4n) is 1.97. The summed E-state index contributed by atoms with van der Waals surface area (Å²) >= 11 is 17.6. The van der Waals surface area contributed by atoms with E-state index in [0.29, 0.717) is 5.02 Å². The van der Waals surface area contributed by atoms with Crippen molar-refractivity contribution in [3.8, 4) is 11.8 Å². The van der Waals surface area contributed by atoms with Crippen molar-refractivity contribution in [2.45, 2.75) is 25.3 Å². The lowest BCUT2D eigenvalue weighted by Gasteiger charge is -2.22. The van der Waals surface area contributed by atoms with E-state index < -0.39 is 5.54 Å². The fourth-order valence-corrected chi connectivity index (χ4v) is 2.56. The second kappa shape index (κ2) is 6.31. The third-order valence-corrected chi connectivity index (χ3v) is 4.38. The van der Waals surface area contributed by atoms with Gasteiger partial charge in [0.05, 0.1) is 21.1 Å². The summed E-state index contributed by atoms with van der Waals surface area (Å²) < 4.78 is 5.33. The number of carbonyl (C=O) groups is 1. The van der Waals surface area contributed by atoms with Crippen molar-refractivity contribution in [3.05, 3.63) is 27.2 Å². The van der Waals surface area contributed by atoms with Gasteiger partial charge in [-0.2, -0.15) is 5.26 Å². The van der Waals surface area contributed by atoms with Crippen molar-refractivity contribution in [2.24, 2.45) is 5.92 Å². The summed E-state index contributed by atoms with van der Waals surface area (Å²) in [5.41, 5.74) is -0.845. The van der Waals surface area contributed by atoms with E-state index in [4.69, 9.17) is 39.5 Å². The van der Waals surface area contributed by atoms with Gasteiger partial charge in [-0.15, -0.1) is 0 Å². The minimum atomic E-state index is -0.845. The molecule has 1 aromatic carbocycles. The third-order valence-electron chi connectivity index (χ3n) is 3.36. The predicted octanol–water partition coefficient (Wildman–Crippen LogP) is 3.83. The first-order valence-corrected chi connectivity index (χ1v) is 7.48. The van der Waals surface area contributed by atoms with Gasteiger partial charge in [0.25, 0.3) is 5.91 Å². The standard InChI is InChI=1S/C14H13Cl3N2O2/c1-14(7-18,8-2-3-8)19-13(20)6-21-12-5-10(16)9(15)4-11(12)17/h4-5,8H,2-3,6H2,1H3,(H,19,20)/t14-/m0/s1.